The van der Waals surface area contributed by atoms with Crippen molar-refractivity contribution in [2.75, 3.05) is 13.2 Å². The van der Waals surface area contributed by atoms with Crippen LogP contribution >= 0.6 is 0 Å². The molecule has 0 saturated heterocycles. The molecule has 0 aliphatic rings. The molecular formula is C27H23NO5. The van der Waals surface area contributed by atoms with Crippen molar-refractivity contribution in [3.63, 3.8) is 0 Å². The van der Waals surface area contributed by atoms with E-state index in [-0.39, 0.29) is 11.5 Å². The normalized spacial score (nSPS) is 10.7. The third-order valence-electron chi connectivity index (χ3n) is 5.30. The van der Waals surface area contributed by atoms with E-state index in [1.54, 1.807) is 56.3 Å². The highest BCUT2D eigenvalue weighted by Gasteiger charge is 2.16. The first kappa shape index (κ1) is 22.0. The molecule has 6 heteroatoms. The van der Waals surface area contributed by atoms with Gasteiger partial charge >= 0.3 is 11.9 Å². The van der Waals surface area contributed by atoms with Crippen molar-refractivity contribution in [2.45, 2.75) is 13.8 Å². The van der Waals surface area contributed by atoms with Gasteiger partial charge in [0.05, 0.1) is 30.0 Å². The lowest BCUT2D eigenvalue weighted by atomic mass is 9.93. The zero-order valence-electron chi connectivity index (χ0n) is 18.4. The number of benzene rings is 3. The lowest BCUT2D eigenvalue weighted by molar-refractivity contribution is 0.0517. The molecule has 1 heterocycles. The van der Waals surface area contributed by atoms with Crippen LogP contribution in [0.3, 0.4) is 0 Å². The number of aromatic nitrogens is 1. The van der Waals surface area contributed by atoms with E-state index in [4.69, 9.17) is 9.47 Å². The molecule has 0 fully saturated rings. The summed E-state index contributed by atoms with van der Waals surface area (Å²) in [7, 11) is 0. The molecule has 0 saturated carbocycles. The van der Waals surface area contributed by atoms with Crippen LogP contribution in [-0.4, -0.2) is 30.1 Å². The van der Waals surface area contributed by atoms with Crippen LogP contribution in [0.5, 0.6) is 0 Å². The number of H-pyrrole nitrogens is 1. The van der Waals surface area contributed by atoms with Gasteiger partial charge in [0.2, 0.25) is 0 Å². The summed E-state index contributed by atoms with van der Waals surface area (Å²) in [6, 6.07) is 21.4. The number of pyridine rings is 1. The molecular weight excluding hydrogens is 418 g/mol. The van der Waals surface area contributed by atoms with Gasteiger partial charge in [-0.05, 0) is 60.7 Å². The molecule has 4 aromatic rings. The molecule has 0 aliphatic heterocycles. The lowest BCUT2D eigenvalue weighted by Gasteiger charge is -2.14. The largest absolute Gasteiger partial charge is 0.462 e. The number of ether oxygens (including phenoxy) is 2. The molecule has 0 unspecified atom stereocenters. The van der Waals surface area contributed by atoms with Gasteiger partial charge in [0.25, 0.3) is 5.56 Å². The van der Waals surface area contributed by atoms with Gasteiger partial charge in [-0.2, -0.15) is 0 Å². The molecule has 0 bridgehead atoms. The number of hydrogen-bond acceptors (Lipinski definition) is 5. The average molecular weight is 441 g/mol. The number of carbonyl (C=O) groups excluding carboxylic acids is 2. The Kier molecular flexibility index (Phi) is 6.36. The van der Waals surface area contributed by atoms with Crippen molar-refractivity contribution in [3.05, 3.63) is 94.3 Å². The Morgan fingerprint density at radius 1 is 0.697 bits per heavy atom. The zero-order chi connectivity index (χ0) is 23.4. The third kappa shape index (κ3) is 4.41. The second kappa shape index (κ2) is 9.53. The maximum atomic E-state index is 12.8. The fourth-order valence-electron chi connectivity index (χ4n) is 3.77. The first-order valence-electron chi connectivity index (χ1n) is 10.7. The Morgan fingerprint density at radius 3 is 1.70 bits per heavy atom. The highest BCUT2D eigenvalue weighted by Crippen LogP contribution is 2.35. The van der Waals surface area contributed by atoms with Gasteiger partial charge in [-0.15, -0.1) is 0 Å². The molecule has 4 rings (SSSR count). The van der Waals surface area contributed by atoms with Crippen molar-refractivity contribution in [1.29, 1.82) is 0 Å². The van der Waals surface area contributed by atoms with E-state index >= 15 is 0 Å². The van der Waals surface area contributed by atoms with Crippen LogP contribution in [0.15, 0.2) is 77.6 Å². The molecule has 3 aromatic carbocycles. The molecule has 0 aliphatic carbocycles. The van der Waals surface area contributed by atoms with Crippen molar-refractivity contribution < 1.29 is 19.1 Å². The van der Waals surface area contributed by atoms with Crippen molar-refractivity contribution in [2.24, 2.45) is 0 Å². The quantitative estimate of drug-likeness (QED) is 0.415. The number of aromatic amines is 1. The van der Waals surface area contributed by atoms with Gasteiger partial charge in [0.15, 0.2) is 0 Å². The van der Waals surface area contributed by atoms with Gasteiger partial charge in [0.1, 0.15) is 0 Å². The third-order valence-corrected chi connectivity index (χ3v) is 5.30. The maximum Gasteiger partial charge on any atom is 0.338 e. The molecule has 166 valence electrons. The predicted molar refractivity (Wildman–Crippen MR) is 127 cm³/mol. The molecule has 0 amide bonds. The first-order chi connectivity index (χ1) is 16.0. The summed E-state index contributed by atoms with van der Waals surface area (Å²) in [4.78, 5) is 39.9. The van der Waals surface area contributed by atoms with E-state index in [0.29, 0.717) is 35.4 Å². The van der Waals surface area contributed by atoms with E-state index in [2.05, 4.69) is 4.98 Å². The fraction of sp³-hybridized carbons (Fsp3) is 0.148. The second-order valence-electron chi connectivity index (χ2n) is 7.35. The van der Waals surface area contributed by atoms with Gasteiger partial charge in [-0.1, -0.05) is 42.5 Å². The Hall–Kier alpha value is -4.19. The lowest BCUT2D eigenvalue weighted by Crippen LogP contribution is -2.10. The van der Waals surface area contributed by atoms with Crippen molar-refractivity contribution >= 4 is 22.7 Å². The molecule has 0 radical (unpaired) electrons. The first-order valence-corrected chi connectivity index (χ1v) is 10.7. The number of hydrogen-bond donors (Lipinski definition) is 1. The highest BCUT2D eigenvalue weighted by molar-refractivity contribution is 6.03. The number of nitrogens with one attached hydrogen (secondary N) is 1. The van der Waals surface area contributed by atoms with Crippen molar-refractivity contribution in [3.8, 4) is 22.4 Å². The minimum atomic E-state index is -0.397. The monoisotopic (exact) mass is 441 g/mol. The summed E-state index contributed by atoms with van der Waals surface area (Å²) in [6.07, 6.45) is 0. The number of fused-ring (bicyclic) bond motifs is 1. The fourth-order valence-corrected chi connectivity index (χ4v) is 3.77. The smallest absolute Gasteiger partial charge is 0.338 e. The van der Waals surface area contributed by atoms with E-state index in [0.717, 1.165) is 22.1 Å². The highest BCUT2D eigenvalue weighted by atomic mass is 16.5. The van der Waals surface area contributed by atoms with E-state index in [1.807, 2.05) is 30.3 Å². The average Bonchev–Trinajstić information content (AvgIpc) is 2.84. The summed E-state index contributed by atoms with van der Waals surface area (Å²) < 4.78 is 10.1. The van der Waals surface area contributed by atoms with Gasteiger partial charge in [0, 0.05) is 10.9 Å². The van der Waals surface area contributed by atoms with Crippen LogP contribution in [-0.2, 0) is 9.47 Å². The van der Waals surface area contributed by atoms with Gasteiger partial charge in [-0.3, -0.25) is 4.79 Å². The minimum Gasteiger partial charge on any atom is -0.462 e. The molecule has 6 nitrogen and oxygen atoms in total. The van der Waals surface area contributed by atoms with Crippen molar-refractivity contribution in [1.82, 2.24) is 4.98 Å². The van der Waals surface area contributed by atoms with E-state index < -0.39 is 5.97 Å². The number of rotatable bonds is 6. The second-order valence-corrected chi connectivity index (χ2v) is 7.35. The summed E-state index contributed by atoms with van der Waals surface area (Å²) in [5, 5.41) is 1.35. The molecule has 0 spiro atoms. The Bertz CT molecular complexity index is 1370. The topological polar surface area (TPSA) is 85.5 Å². The van der Waals surface area contributed by atoms with Crippen LogP contribution in [0.4, 0.5) is 0 Å². The Morgan fingerprint density at radius 2 is 1.18 bits per heavy atom. The summed E-state index contributed by atoms with van der Waals surface area (Å²) in [5.74, 6) is -0.781. The van der Waals surface area contributed by atoms with Crippen LogP contribution < -0.4 is 5.56 Å². The predicted octanol–water partition coefficient (Wildman–Crippen LogP) is 5.22. The SMILES string of the molecule is CCOC(=O)c1ccc(-c2[nH]c(=O)c3ccccc3c2-c2ccc(C(=O)OCC)cc2)cc1. The van der Waals surface area contributed by atoms with E-state index in [9.17, 15) is 14.4 Å². The van der Waals surface area contributed by atoms with Crippen LogP contribution in [0, 0.1) is 0 Å². The minimum absolute atomic E-state index is 0.207. The number of esters is 2. The standard InChI is InChI=1S/C27H23NO5/c1-3-32-26(30)19-13-9-17(10-14-19)23-21-7-5-6-8-22(21)25(29)28-24(23)18-11-15-20(16-12-18)27(31)33-4-2/h5-16H,3-4H2,1-2H3,(H,28,29). The molecule has 1 aromatic heterocycles. The van der Waals surface area contributed by atoms with Crippen LogP contribution in [0.2, 0.25) is 0 Å². The maximum absolute atomic E-state index is 12.8. The van der Waals surface area contributed by atoms with Crippen LogP contribution in [0.1, 0.15) is 34.6 Å². The molecule has 33 heavy (non-hydrogen) atoms. The zero-order valence-corrected chi connectivity index (χ0v) is 18.4. The van der Waals surface area contributed by atoms with Crippen LogP contribution in [0.25, 0.3) is 33.2 Å². The molecule has 0 atom stereocenters. The summed E-state index contributed by atoms with van der Waals surface area (Å²) in [5.41, 5.74) is 3.71. The van der Waals surface area contributed by atoms with Gasteiger partial charge < -0.3 is 14.5 Å². The summed E-state index contributed by atoms with van der Waals surface area (Å²) in [6.45, 7) is 4.12. The van der Waals surface area contributed by atoms with Gasteiger partial charge in [-0.25, -0.2) is 9.59 Å². The molecule has 1 N–H and O–H groups in total. The summed E-state index contributed by atoms with van der Waals surface area (Å²) >= 11 is 0. The Balaban J connectivity index is 1.87. The van der Waals surface area contributed by atoms with E-state index in [1.165, 1.54) is 0 Å². The number of carbonyl (C=O) groups is 2. The Labute approximate surface area is 190 Å².